The monoisotopic (exact) mass is 382 g/mol. The summed E-state index contributed by atoms with van der Waals surface area (Å²) in [5.41, 5.74) is 1.86. The summed E-state index contributed by atoms with van der Waals surface area (Å²) in [7, 11) is 1.23. The molecule has 0 atom stereocenters. The smallest absolute Gasteiger partial charge is 0.341 e. The Morgan fingerprint density at radius 1 is 0.964 bits per heavy atom. The number of Topliss-reactive ketones (excluding diaryl/α,β-unsaturated/α-hetero) is 1. The first-order chi connectivity index (χ1) is 13.2. The highest BCUT2D eigenvalue weighted by molar-refractivity contribution is 6.22. The van der Waals surface area contributed by atoms with Crippen LogP contribution in [0.4, 0.5) is 8.78 Å². The van der Waals surface area contributed by atoms with Gasteiger partial charge in [-0.25, -0.2) is 13.6 Å². The van der Waals surface area contributed by atoms with Crippen molar-refractivity contribution in [1.29, 1.82) is 0 Å². The third kappa shape index (κ3) is 3.79. The lowest BCUT2D eigenvalue weighted by Crippen LogP contribution is -2.23. The molecule has 0 saturated heterocycles. The summed E-state index contributed by atoms with van der Waals surface area (Å²) in [5, 5.41) is 0. The minimum absolute atomic E-state index is 0.0224. The second-order valence-electron chi connectivity index (χ2n) is 7.35. The molecule has 0 N–H and O–H groups in total. The van der Waals surface area contributed by atoms with E-state index in [2.05, 4.69) is 0 Å². The maximum absolute atomic E-state index is 13.4. The van der Waals surface area contributed by atoms with Crippen LogP contribution < -0.4 is 0 Å². The van der Waals surface area contributed by atoms with E-state index in [4.69, 9.17) is 4.74 Å². The van der Waals surface area contributed by atoms with E-state index >= 15 is 0 Å². The van der Waals surface area contributed by atoms with Gasteiger partial charge in [-0.2, -0.15) is 0 Å². The minimum Gasteiger partial charge on any atom is -0.465 e. The van der Waals surface area contributed by atoms with Crippen LogP contribution in [0, 0.1) is 17.0 Å². The van der Waals surface area contributed by atoms with Gasteiger partial charge in [-0.1, -0.05) is 38.1 Å². The number of methoxy groups -OCH3 is 1. The predicted molar refractivity (Wildman–Crippen MR) is 102 cm³/mol. The van der Waals surface area contributed by atoms with Gasteiger partial charge in [0.15, 0.2) is 5.78 Å². The predicted octanol–water partition coefficient (Wildman–Crippen LogP) is 4.87. The number of carbonyl (C=O) groups is 2. The first-order valence-electron chi connectivity index (χ1n) is 8.83. The van der Waals surface area contributed by atoms with Gasteiger partial charge in [-0.3, -0.25) is 4.79 Å². The molecule has 3 rings (SSSR count). The first kappa shape index (κ1) is 19.7. The van der Waals surface area contributed by atoms with Crippen molar-refractivity contribution < 1.29 is 23.1 Å². The standard InChI is InChI=1S/C23H20F2O3/c1-23(2)13-16(20(21(23)26)22(27)28-3)12-19(14-4-8-17(24)9-5-14)15-6-10-18(25)11-7-15/h4-12H,13H2,1-3H3. The van der Waals surface area contributed by atoms with E-state index in [1.54, 1.807) is 44.2 Å². The number of allylic oxidation sites excluding steroid dienone is 2. The van der Waals surface area contributed by atoms with E-state index in [-0.39, 0.29) is 23.0 Å². The summed E-state index contributed by atoms with van der Waals surface area (Å²) in [6, 6.07) is 11.7. The average molecular weight is 382 g/mol. The number of hydrogen-bond acceptors (Lipinski definition) is 3. The Morgan fingerprint density at radius 3 is 1.86 bits per heavy atom. The molecule has 0 unspecified atom stereocenters. The van der Waals surface area contributed by atoms with Gasteiger partial charge in [-0.05, 0) is 59.0 Å². The molecule has 5 heteroatoms. The van der Waals surface area contributed by atoms with E-state index in [1.165, 1.54) is 31.4 Å². The summed E-state index contributed by atoms with van der Waals surface area (Å²) in [6.45, 7) is 3.54. The van der Waals surface area contributed by atoms with Crippen LogP contribution >= 0.6 is 0 Å². The fourth-order valence-corrected chi connectivity index (χ4v) is 3.34. The van der Waals surface area contributed by atoms with Crippen LogP contribution in [-0.2, 0) is 14.3 Å². The minimum atomic E-state index is -0.730. The summed E-state index contributed by atoms with van der Waals surface area (Å²) in [4.78, 5) is 24.9. The van der Waals surface area contributed by atoms with E-state index < -0.39 is 11.4 Å². The number of halogens is 2. The van der Waals surface area contributed by atoms with Gasteiger partial charge in [0.05, 0.1) is 7.11 Å². The third-order valence-corrected chi connectivity index (χ3v) is 4.81. The van der Waals surface area contributed by atoms with Gasteiger partial charge in [0.2, 0.25) is 0 Å². The zero-order valence-electron chi connectivity index (χ0n) is 15.9. The molecule has 2 aromatic rings. The van der Waals surface area contributed by atoms with Crippen LogP contribution in [0.15, 0.2) is 65.8 Å². The molecule has 0 heterocycles. The maximum atomic E-state index is 13.4. The summed E-state index contributed by atoms with van der Waals surface area (Å²) < 4.78 is 31.6. The lowest BCUT2D eigenvalue weighted by molar-refractivity contribution is -0.138. The van der Waals surface area contributed by atoms with E-state index in [0.717, 1.165) is 0 Å². The van der Waals surface area contributed by atoms with Crippen molar-refractivity contribution in [3.63, 3.8) is 0 Å². The van der Waals surface area contributed by atoms with Gasteiger partial charge in [0.25, 0.3) is 0 Å². The largest absolute Gasteiger partial charge is 0.465 e. The number of rotatable bonds is 4. The highest BCUT2D eigenvalue weighted by atomic mass is 19.1. The fourth-order valence-electron chi connectivity index (χ4n) is 3.34. The molecule has 0 bridgehead atoms. The van der Waals surface area contributed by atoms with E-state index in [1.807, 2.05) is 0 Å². The van der Waals surface area contributed by atoms with Crippen molar-refractivity contribution in [2.75, 3.05) is 7.11 Å². The number of benzene rings is 2. The van der Waals surface area contributed by atoms with Crippen LogP contribution in [0.3, 0.4) is 0 Å². The van der Waals surface area contributed by atoms with Gasteiger partial charge < -0.3 is 4.74 Å². The lowest BCUT2D eigenvalue weighted by atomic mass is 9.87. The third-order valence-electron chi connectivity index (χ3n) is 4.81. The summed E-state index contributed by atoms with van der Waals surface area (Å²) >= 11 is 0. The van der Waals surface area contributed by atoms with Crippen molar-refractivity contribution in [1.82, 2.24) is 0 Å². The lowest BCUT2D eigenvalue weighted by Gasteiger charge is -2.15. The summed E-state index contributed by atoms with van der Waals surface area (Å²) in [6.07, 6.45) is 2.10. The molecule has 0 amide bonds. The highest BCUT2D eigenvalue weighted by Gasteiger charge is 2.42. The molecule has 0 aliphatic heterocycles. The number of ether oxygens (including phenoxy) is 1. The molecular weight excluding hydrogens is 362 g/mol. The average Bonchev–Trinajstić information content (AvgIpc) is 2.89. The van der Waals surface area contributed by atoms with Gasteiger partial charge in [0, 0.05) is 5.41 Å². The Bertz CT molecular complexity index is 934. The fraction of sp³-hybridized carbons (Fsp3) is 0.217. The summed E-state index contributed by atoms with van der Waals surface area (Å²) in [5.74, 6) is -1.72. The Hall–Kier alpha value is -3.08. The molecule has 144 valence electrons. The quantitative estimate of drug-likeness (QED) is 0.560. The molecule has 0 fully saturated rings. The van der Waals surface area contributed by atoms with Crippen molar-refractivity contribution in [2.45, 2.75) is 20.3 Å². The zero-order valence-corrected chi connectivity index (χ0v) is 15.9. The molecule has 1 aliphatic rings. The Kier molecular flexibility index (Phi) is 5.27. The van der Waals surface area contributed by atoms with Crippen molar-refractivity contribution >= 4 is 17.3 Å². The second kappa shape index (κ2) is 7.50. The molecule has 28 heavy (non-hydrogen) atoms. The molecule has 0 saturated carbocycles. The number of carbonyl (C=O) groups excluding carboxylic acids is 2. The molecule has 0 aromatic heterocycles. The van der Waals surface area contributed by atoms with E-state index in [0.29, 0.717) is 28.7 Å². The van der Waals surface area contributed by atoms with Crippen molar-refractivity contribution in [3.05, 3.63) is 88.5 Å². The molecule has 3 nitrogen and oxygen atoms in total. The number of hydrogen-bond donors (Lipinski definition) is 0. The maximum Gasteiger partial charge on any atom is 0.341 e. The number of ketones is 1. The Balaban J connectivity index is 2.21. The zero-order chi connectivity index (χ0) is 20.5. The Labute approximate surface area is 162 Å². The number of esters is 1. The van der Waals surface area contributed by atoms with Crippen LogP contribution in [0.25, 0.3) is 5.57 Å². The van der Waals surface area contributed by atoms with Crippen molar-refractivity contribution in [3.8, 4) is 0 Å². The van der Waals surface area contributed by atoms with Crippen LogP contribution in [0.1, 0.15) is 31.4 Å². The van der Waals surface area contributed by atoms with Crippen LogP contribution in [0.5, 0.6) is 0 Å². The molecule has 0 radical (unpaired) electrons. The van der Waals surface area contributed by atoms with Crippen LogP contribution in [0.2, 0.25) is 0 Å². The van der Waals surface area contributed by atoms with Gasteiger partial charge in [-0.15, -0.1) is 0 Å². The van der Waals surface area contributed by atoms with Gasteiger partial charge in [0.1, 0.15) is 17.2 Å². The van der Waals surface area contributed by atoms with E-state index in [9.17, 15) is 18.4 Å². The molecule has 1 aliphatic carbocycles. The molecule has 2 aromatic carbocycles. The van der Waals surface area contributed by atoms with Gasteiger partial charge >= 0.3 is 5.97 Å². The molecular formula is C23H20F2O3. The highest BCUT2D eigenvalue weighted by Crippen LogP contribution is 2.41. The molecule has 0 spiro atoms. The second-order valence-corrected chi connectivity index (χ2v) is 7.35. The topological polar surface area (TPSA) is 43.4 Å². The SMILES string of the molecule is COC(=O)C1=C(C=C(c2ccc(F)cc2)c2ccc(F)cc2)CC(C)(C)C1=O. The van der Waals surface area contributed by atoms with Crippen molar-refractivity contribution in [2.24, 2.45) is 5.41 Å². The Morgan fingerprint density at radius 2 is 1.43 bits per heavy atom. The van der Waals surface area contributed by atoms with Crippen LogP contribution in [-0.4, -0.2) is 18.9 Å². The first-order valence-corrected chi connectivity index (χ1v) is 8.83. The normalized spacial score (nSPS) is 15.5.